The topological polar surface area (TPSA) is 69.4 Å². The summed E-state index contributed by atoms with van der Waals surface area (Å²) in [5.74, 6) is -0.470. The van der Waals surface area contributed by atoms with Gasteiger partial charge in [0.25, 0.3) is 5.69 Å². The molecule has 0 bridgehead atoms. The van der Waals surface area contributed by atoms with Crippen LogP contribution in [0.2, 0.25) is 0 Å². The molecular weight excluding hydrogens is 337 g/mol. The Bertz CT molecular complexity index is 471. The summed E-state index contributed by atoms with van der Waals surface area (Å²) in [5.41, 5.74) is 0.178. The van der Waals surface area contributed by atoms with Gasteiger partial charge < -0.3 is 4.74 Å². The molecule has 0 saturated heterocycles. The van der Waals surface area contributed by atoms with Gasteiger partial charge in [-0.1, -0.05) is 0 Å². The first-order valence-electron chi connectivity index (χ1n) is 5.23. The first-order valence-corrected chi connectivity index (χ1v) is 6.30. The van der Waals surface area contributed by atoms with Crippen molar-refractivity contribution in [3.05, 3.63) is 37.4 Å². The van der Waals surface area contributed by atoms with Crippen LogP contribution in [0.1, 0.15) is 29.6 Å². The van der Waals surface area contributed by atoms with E-state index in [4.69, 9.17) is 4.74 Å². The highest BCUT2D eigenvalue weighted by Crippen LogP contribution is 2.25. The van der Waals surface area contributed by atoms with Crippen LogP contribution in [0.5, 0.6) is 0 Å². The number of ether oxygens (including phenoxy) is 1. The van der Waals surface area contributed by atoms with Crippen LogP contribution in [0.3, 0.4) is 0 Å². The van der Waals surface area contributed by atoms with Crippen LogP contribution in [0, 0.1) is 13.7 Å². The van der Waals surface area contributed by atoms with E-state index in [1.54, 1.807) is 6.07 Å². The smallest absolute Gasteiger partial charge is 0.339 e. The molecule has 0 atom stereocenters. The second-order valence-corrected chi connectivity index (χ2v) is 5.04. The molecule has 0 aliphatic heterocycles. The Labute approximate surface area is 111 Å². The van der Waals surface area contributed by atoms with Gasteiger partial charge >= 0.3 is 5.97 Å². The summed E-state index contributed by atoms with van der Waals surface area (Å²) in [5, 5.41) is 10.6. The number of esters is 1. The predicted octanol–water partition coefficient (Wildman–Crippen LogP) is 2.91. The maximum atomic E-state index is 11.8. The van der Waals surface area contributed by atoms with Crippen molar-refractivity contribution >= 4 is 34.2 Å². The number of halogens is 1. The molecule has 2 rings (SSSR count). The summed E-state index contributed by atoms with van der Waals surface area (Å²) in [6.45, 7) is 0. The van der Waals surface area contributed by atoms with Crippen molar-refractivity contribution in [2.24, 2.45) is 0 Å². The Kier molecular flexibility index (Phi) is 3.60. The first kappa shape index (κ1) is 12.3. The maximum Gasteiger partial charge on any atom is 0.339 e. The molecule has 1 aliphatic rings. The van der Waals surface area contributed by atoms with Gasteiger partial charge in [-0.15, -0.1) is 0 Å². The number of benzene rings is 1. The summed E-state index contributed by atoms with van der Waals surface area (Å²) in [4.78, 5) is 21.9. The summed E-state index contributed by atoms with van der Waals surface area (Å²) in [7, 11) is 0. The summed E-state index contributed by atoms with van der Waals surface area (Å²) < 4.78 is 5.89. The van der Waals surface area contributed by atoms with Crippen LogP contribution in [0.4, 0.5) is 5.69 Å². The zero-order valence-corrected chi connectivity index (χ0v) is 11.0. The van der Waals surface area contributed by atoms with Gasteiger partial charge in [0.05, 0.1) is 10.5 Å². The van der Waals surface area contributed by atoms with E-state index in [2.05, 4.69) is 0 Å². The maximum absolute atomic E-state index is 11.8. The Morgan fingerprint density at radius 2 is 2.18 bits per heavy atom. The fourth-order valence-electron chi connectivity index (χ4n) is 1.49. The van der Waals surface area contributed by atoms with E-state index in [1.807, 2.05) is 22.6 Å². The fourth-order valence-corrected chi connectivity index (χ4v) is 2.04. The third-order valence-electron chi connectivity index (χ3n) is 2.71. The van der Waals surface area contributed by atoms with E-state index in [0.29, 0.717) is 3.57 Å². The van der Waals surface area contributed by atoms with E-state index in [9.17, 15) is 14.9 Å². The molecule has 1 aromatic carbocycles. The Morgan fingerprint density at radius 3 is 2.71 bits per heavy atom. The molecule has 17 heavy (non-hydrogen) atoms. The molecule has 1 saturated carbocycles. The van der Waals surface area contributed by atoms with Gasteiger partial charge in [-0.2, -0.15) is 0 Å². The molecule has 0 spiro atoms. The quantitative estimate of drug-likeness (QED) is 0.365. The van der Waals surface area contributed by atoms with Gasteiger partial charge in [0.1, 0.15) is 6.10 Å². The lowest BCUT2D eigenvalue weighted by atomic mass is 9.96. The number of hydrogen-bond donors (Lipinski definition) is 0. The highest BCUT2D eigenvalue weighted by molar-refractivity contribution is 14.1. The minimum Gasteiger partial charge on any atom is -0.459 e. The third-order valence-corrected chi connectivity index (χ3v) is 3.65. The highest BCUT2D eigenvalue weighted by atomic mass is 127. The number of nitro groups is 1. The molecule has 5 nitrogen and oxygen atoms in total. The van der Waals surface area contributed by atoms with Gasteiger partial charge in [-0.3, -0.25) is 10.1 Å². The van der Waals surface area contributed by atoms with Crippen LogP contribution in [0.25, 0.3) is 0 Å². The van der Waals surface area contributed by atoms with Gasteiger partial charge in [0, 0.05) is 15.7 Å². The molecule has 0 heterocycles. The number of rotatable bonds is 3. The lowest BCUT2D eigenvalue weighted by Crippen LogP contribution is -2.25. The molecule has 0 radical (unpaired) electrons. The summed E-state index contributed by atoms with van der Waals surface area (Å²) in [6.07, 6.45) is 2.83. The number of nitrogens with zero attached hydrogens (tertiary/aromatic N) is 1. The zero-order chi connectivity index (χ0) is 12.4. The van der Waals surface area contributed by atoms with Gasteiger partial charge in [0.2, 0.25) is 0 Å². The van der Waals surface area contributed by atoms with E-state index >= 15 is 0 Å². The summed E-state index contributed by atoms with van der Waals surface area (Å²) in [6, 6.07) is 4.20. The molecule has 0 N–H and O–H groups in total. The van der Waals surface area contributed by atoms with Crippen LogP contribution in [0.15, 0.2) is 18.2 Å². The van der Waals surface area contributed by atoms with Crippen LogP contribution in [-0.4, -0.2) is 17.0 Å². The second kappa shape index (κ2) is 4.99. The monoisotopic (exact) mass is 347 g/mol. The Balaban J connectivity index is 2.20. The largest absolute Gasteiger partial charge is 0.459 e. The fraction of sp³-hybridized carbons (Fsp3) is 0.364. The third kappa shape index (κ3) is 2.74. The minimum atomic E-state index is -0.518. The Morgan fingerprint density at radius 1 is 1.47 bits per heavy atom. The molecule has 1 aromatic rings. The van der Waals surface area contributed by atoms with Crippen molar-refractivity contribution in [1.82, 2.24) is 0 Å². The van der Waals surface area contributed by atoms with E-state index in [0.717, 1.165) is 19.3 Å². The van der Waals surface area contributed by atoms with Crippen molar-refractivity contribution < 1.29 is 14.5 Å². The number of hydrogen-bond acceptors (Lipinski definition) is 4. The minimum absolute atomic E-state index is 0.0161. The average molecular weight is 347 g/mol. The van der Waals surface area contributed by atoms with Crippen molar-refractivity contribution in [2.75, 3.05) is 0 Å². The van der Waals surface area contributed by atoms with Crippen LogP contribution < -0.4 is 0 Å². The first-order chi connectivity index (χ1) is 8.08. The lowest BCUT2D eigenvalue weighted by Gasteiger charge is -2.25. The molecule has 0 unspecified atom stereocenters. The average Bonchev–Trinajstić information content (AvgIpc) is 2.23. The van der Waals surface area contributed by atoms with Crippen molar-refractivity contribution in [1.29, 1.82) is 0 Å². The highest BCUT2D eigenvalue weighted by Gasteiger charge is 2.24. The molecule has 1 aliphatic carbocycles. The standard InChI is InChI=1S/C11H10INO4/c12-10-5-4-7(13(15)16)6-9(10)11(14)17-8-2-1-3-8/h4-6,8H,1-3H2. The molecular formula is C11H10INO4. The Hall–Kier alpha value is -1.18. The SMILES string of the molecule is O=C(OC1CCC1)c1cc([N+](=O)[O-])ccc1I. The van der Waals surface area contributed by atoms with Crippen molar-refractivity contribution in [3.8, 4) is 0 Å². The number of non-ortho nitro benzene ring substituents is 1. The van der Waals surface area contributed by atoms with E-state index in [-0.39, 0.29) is 17.4 Å². The predicted molar refractivity (Wildman–Crippen MR) is 68.9 cm³/mol. The molecule has 90 valence electrons. The van der Waals surface area contributed by atoms with Gasteiger partial charge in [-0.25, -0.2) is 4.79 Å². The normalized spacial score (nSPS) is 15.1. The van der Waals surface area contributed by atoms with E-state index in [1.165, 1.54) is 12.1 Å². The van der Waals surface area contributed by atoms with Crippen LogP contribution >= 0.6 is 22.6 Å². The number of carbonyl (C=O) groups excluding carboxylic acids is 1. The molecule has 0 amide bonds. The van der Waals surface area contributed by atoms with E-state index < -0.39 is 10.9 Å². The number of nitro benzene ring substituents is 1. The molecule has 1 fully saturated rings. The second-order valence-electron chi connectivity index (χ2n) is 3.88. The summed E-state index contributed by atoms with van der Waals surface area (Å²) >= 11 is 1.97. The molecule has 0 aromatic heterocycles. The number of carbonyl (C=O) groups is 1. The zero-order valence-electron chi connectivity index (χ0n) is 8.89. The molecule has 6 heteroatoms. The van der Waals surface area contributed by atoms with Gasteiger partial charge in [0.15, 0.2) is 0 Å². The van der Waals surface area contributed by atoms with Crippen LogP contribution in [-0.2, 0) is 4.74 Å². The van der Waals surface area contributed by atoms with Gasteiger partial charge in [-0.05, 0) is 47.9 Å². The van der Waals surface area contributed by atoms with Crippen molar-refractivity contribution in [2.45, 2.75) is 25.4 Å². The van der Waals surface area contributed by atoms with Crippen molar-refractivity contribution in [3.63, 3.8) is 0 Å². The lowest BCUT2D eigenvalue weighted by molar-refractivity contribution is -0.384.